The number of thioether (sulfide) groups is 1. The van der Waals surface area contributed by atoms with Crippen molar-refractivity contribution in [1.82, 2.24) is 4.90 Å². The lowest BCUT2D eigenvalue weighted by Crippen LogP contribution is -2.28. The summed E-state index contributed by atoms with van der Waals surface area (Å²) < 4.78 is 0. The summed E-state index contributed by atoms with van der Waals surface area (Å²) in [5.41, 5.74) is 1.56. The number of carbonyl (C=O) groups excluding carboxylic acids is 1. The number of hydrogen-bond acceptors (Lipinski definition) is 5. The first kappa shape index (κ1) is 13.4. The molecular formula is C13H14N4OS. The van der Waals surface area contributed by atoms with Crippen LogP contribution >= 0.6 is 11.8 Å². The third kappa shape index (κ3) is 3.06. The van der Waals surface area contributed by atoms with Gasteiger partial charge in [-0.15, -0.1) is 0 Å². The molecule has 0 saturated carbocycles. The Morgan fingerprint density at radius 2 is 2.16 bits per heavy atom. The van der Waals surface area contributed by atoms with Crippen molar-refractivity contribution in [1.29, 1.82) is 10.7 Å². The average Bonchev–Trinajstić information content (AvgIpc) is 2.67. The van der Waals surface area contributed by atoms with E-state index in [2.05, 4.69) is 11.4 Å². The minimum Gasteiger partial charge on any atom is -0.385 e. The highest BCUT2D eigenvalue weighted by atomic mass is 32.2. The van der Waals surface area contributed by atoms with E-state index in [0.717, 1.165) is 5.69 Å². The van der Waals surface area contributed by atoms with Crippen LogP contribution < -0.4 is 5.32 Å². The third-order valence-corrected chi connectivity index (χ3v) is 4.13. The molecule has 0 spiro atoms. The largest absolute Gasteiger partial charge is 0.385 e. The van der Waals surface area contributed by atoms with Gasteiger partial charge in [0.1, 0.15) is 0 Å². The molecule has 1 aliphatic rings. The molecule has 2 N–H and O–H groups in total. The molecule has 0 aliphatic carbocycles. The molecule has 1 aromatic rings. The third-order valence-electron chi connectivity index (χ3n) is 2.91. The lowest BCUT2D eigenvalue weighted by Gasteiger charge is -2.09. The zero-order valence-electron chi connectivity index (χ0n) is 10.5. The number of rotatable bonds is 4. The highest BCUT2D eigenvalue weighted by molar-refractivity contribution is 8.15. The SMILES string of the molecule is CN1C(=N)S[C@@H](CCNc2ccc(C#N)cc2)C1=O. The van der Waals surface area contributed by atoms with Crippen LogP contribution in [0.25, 0.3) is 0 Å². The first-order valence-corrected chi connectivity index (χ1v) is 6.76. The van der Waals surface area contributed by atoms with E-state index in [9.17, 15) is 4.79 Å². The number of amidine groups is 1. The number of hydrogen-bond donors (Lipinski definition) is 2. The minimum atomic E-state index is -0.164. The minimum absolute atomic E-state index is 0.00312. The van der Waals surface area contributed by atoms with E-state index in [-0.39, 0.29) is 11.2 Å². The topological polar surface area (TPSA) is 80.0 Å². The number of amides is 1. The summed E-state index contributed by atoms with van der Waals surface area (Å²) in [5, 5.41) is 19.6. The van der Waals surface area contributed by atoms with Crippen LogP contribution in [0, 0.1) is 16.7 Å². The molecule has 5 nitrogen and oxygen atoms in total. The number of nitrogens with zero attached hydrogens (tertiary/aromatic N) is 2. The lowest BCUT2D eigenvalue weighted by atomic mass is 10.2. The van der Waals surface area contributed by atoms with Crippen LogP contribution in [-0.4, -0.2) is 34.8 Å². The second kappa shape index (κ2) is 5.76. The molecular weight excluding hydrogens is 260 g/mol. The van der Waals surface area contributed by atoms with Crippen LogP contribution in [0.15, 0.2) is 24.3 Å². The van der Waals surface area contributed by atoms with Crippen LogP contribution in [-0.2, 0) is 4.79 Å². The van der Waals surface area contributed by atoms with Crippen molar-refractivity contribution in [2.24, 2.45) is 0 Å². The van der Waals surface area contributed by atoms with E-state index in [4.69, 9.17) is 10.7 Å². The van der Waals surface area contributed by atoms with Gasteiger partial charge in [0, 0.05) is 19.3 Å². The molecule has 19 heavy (non-hydrogen) atoms. The Kier molecular flexibility index (Phi) is 4.07. The quantitative estimate of drug-likeness (QED) is 0.878. The number of anilines is 1. The standard InChI is InChI=1S/C13H14N4OS/c1-17-12(18)11(19-13(17)15)6-7-16-10-4-2-9(8-14)3-5-10/h2-5,11,15-16H,6-7H2,1H3/t11-/m0/s1. The Bertz CT molecular complexity index is 535. The van der Waals surface area contributed by atoms with Gasteiger partial charge in [-0.3, -0.25) is 15.1 Å². The Hall–Kier alpha value is -2.00. The van der Waals surface area contributed by atoms with E-state index in [1.807, 2.05) is 12.1 Å². The molecule has 1 heterocycles. The van der Waals surface area contributed by atoms with Crippen molar-refractivity contribution in [3.63, 3.8) is 0 Å². The smallest absolute Gasteiger partial charge is 0.241 e. The van der Waals surface area contributed by atoms with Crippen LogP contribution in [0.3, 0.4) is 0 Å². The zero-order valence-corrected chi connectivity index (χ0v) is 11.3. The summed E-state index contributed by atoms with van der Waals surface area (Å²) in [5.74, 6) is -0.00312. The fraction of sp³-hybridized carbons (Fsp3) is 0.308. The van der Waals surface area contributed by atoms with Crippen molar-refractivity contribution in [2.75, 3.05) is 18.9 Å². The van der Waals surface area contributed by atoms with Gasteiger partial charge in [-0.2, -0.15) is 5.26 Å². The van der Waals surface area contributed by atoms with Gasteiger partial charge in [0.2, 0.25) is 5.91 Å². The van der Waals surface area contributed by atoms with Gasteiger partial charge in [-0.05, 0) is 30.7 Å². The molecule has 1 fully saturated rings. The first-order valence-electron chi connectivity index (χ1n) is 5.88. The molecule has 1 atom stereocenters. The Morgan fingerprint density at radius 3 is 2.68 bits per heavy atom. The molecule has 1 amide bonds. The lowest BCUT2D eigenvalue weighted by molar-refractivity contribution is -0.125. The average molecular weight is 274 g/mol. The van der Waals surface area contributed by atoms with Gasteiger partial charge >= 0.3 is 0 Å². The fourth-order valence-electron chi connectivity index (χ4n) is 1.77. The van der Waals surface area contributed by atoms with Crippen LogP contribution in [0.2, 0.25) is 0 Å². The van der Waals surface area contributed by atoms with Gasteiger partial charge < -0.3 is 5.32 Å². The van der Waals surface area contributed by atoms with E-state index in [0.29, 0.717) is 23.7 Å². The summed E-state index contributed by atoms with van der Waals surface area (Å²) in [4.78, 5) is 13.1. The predicted octanol–water partition coefficient (Wildman–Crippen LogP) is 1.87. The second-order valence-electron chi connectivity index (χ2n) is 4.21. The van der Waals surface area contributed by atoms with Gasteiger partial charge in [0.05, 0.1) is 16.9 Å². The predicted molar refractivity (Wildman–Crippen MR) is 76.1 cm³/mol. The van der Waals surface area contributed by atoms with Crippen molar-refractivity contribution >= 4 is 28.5 Å². The van der Waals surface area contributed by atoms with E-state index in [1.54, 1.807) is 19.2 Å². The van der Waals surface area contributed by atoms with Crippen molar-refractivity contribution < 1.29 is 4.79 Å². The second-order valence-corrected chi connectivity index (χ2v) is 5.40. The maximum absolute atomic E-state index is 11.7. The number of nitriles is 1. The molecule has 0 bridgehead atoms. The van der Waals surface area contributed by atoms with Crippen molar-refractivity contribution in [3.8, 4) is 6.07 Å². The molecule has 6 heteroatoms. The number of nitrogens with one attached hydrogen (secondary N) is 2. The van der Waals surface area contributed by atoms with Crippen LogP contribution in [0.1, 0.15) is 12.0 Å². The molecule has 0 unspecified atom stereocenters. The Labute approximate surface area is 116 Å². The molecule has 2 rings (SSSR count). The van der Waals surface area contributed by atoms with E-state index >= 15 is 0 Å². The zero-order chi connectivity index (χ0) is 13.8. The van der Waals surface area contributed by atoms with Gasteiger partial charge in [0.25, 0.3) is 0 Å². The van der Waals surface area contributed by atoms with Gasteiger partial charge in [-0.1, -0.05) is 11.8 Å². The van der Waals surface area contributed by atoms with Gasteiger partial charge in [-0.25, -0.2) is 0 Å². The molecule has 98 valence electrons. The summed E-state index contributed by atoms with van der Waals surface area (Å²) in [6.45, 7) is 0.663. The summed E-state index contributed by atoms with van der Waals surface area (Å²) >= 11 is 1.30. The molecule has 1 saturated heterocycles. The summed E-state index contributed by atoms with van der Waals surface area (Å²) in [6.07, 6.45) is 0.677. The molecule has 0 radical (unpaired) electrons. The maximum Gasteiger partial charge on any atom is 0.241 e. The highest BCUT2D eigenvalue weighted by Gasteiger charge is 2.33. The van der Waals surface area contributed by atoms with Crippen LogP contribution in [0.4, 0.5) is 5.69 Å². The van der Waals surface area contributed by atoms with E-state index < -0.39 is 0 Å². The molecule has 1 aliphatic heterocycles. The van der Waals surface area contributed by atoms with E-state index in [1.165, 1.54) is 16.7 Å². The summed E-state index contributed by atoms with van der Waals surface area (Å²) in [6, 6.07) is 9.26. The highest BCUT2D eigenvalue weighted by Crippen LogP contribution is 2.27. The monoisotopic (exact) mass is 274 g/mol. The van der Waals surface area contributed by atoms with Gasteiger partial charge in [0.15, 0.2) is 5.17 Å². The number of benzene rings is 1. The molecule has 0 aromatic heterocycles. The molecule has 1 aromatic carbocycles. The Morgan fingerprint density at radius 1 is 1.47 bits per heavy atom. The van der Waals surface area contributed by atoms with Crippen LogP contribution in [0.5, 0.6) is 0 Å². The Balaban J connectivity index is 1.82. The normalized spacial score (nSPS) is 18.5. The number of carbonyl (C=O) groups is 1. The van der Waals surface area contributed by atoms with Crippen molar-refractivity contribution in [3.05, 3.63) is 29.8 Å². The maximum atomic E-state index is 11.7. The summed E-state index contributed by atoms with van der Waals surface area (Å²) in [7, 11) is 1.63. The first-order chi connectivity index (χ1) is 9.11. The fourth-order valence-corrected chi connectivity index (χ4v) is 2.79. The van der Waals surface area contributed by atoms with Crippen molar-refractivity contribution in [2.45, 2.75) is 11.7 Å².